The minimum atomic E-state index is -0.488. The summed E-state index contributed by atoms with van der Waals surface area (Å²) < 4.78 is 9.62. The van der Waals surface area contributed by atoms with Crippen molar-refractivity contribution in [1.82, 2.24) is 15.1 Å². The van der Waals surface area contributed by atoms with Crippen molar-refractivity contribution < 1.29 is 14.1 Å². The number of ether oxygens (including phenoxy) is 1. The summed E-state index contributed by atoms with van der Waals surface area (Å²) in [4.78, 5) is 19.2. The van der Waals surface area contributed by atoms with Crippen molar-refractivity contribution in [2.45, 2.75) is 6.92 Å². The number of esters is 1. The predicted octanol–water partition coefficient (Wildman–Crippen LogP) is 1.23. The van der Waals surface area contributed by atoms with Crippen LogP contribution in [-0.4, -0.2) is 28.2 Å². The predicted molar refractivity (Wildman–Crippen MR) is 53.6 cm³/mol. The second-order valence-corrected chi connectivity index (χ2v) is 3.08. The van der Waals surface area contributed by atoms with E-state index >= 15 is 0 Å². The smallest absolute Gasteiger partial charge is 0.343 e. The average molecular weight is 219 g/mol. The molecule has 0 atom stereocenters. The van der Waals surface area contributed by atoms with Crippen molar-refractivity contribution >= 4 is 5.97 Å². The first-order valence-electron chi connectivity index (χ1n) is 4.54. The van der Waals surface area contributed by atoms with Gasteiger partial charge in [-0.25, -0.2) is 14.8 Å². The molecule has 0 saturated carbocycles. The molecule has 6 heteroatoms. The fraction of sp³-hybridized carbons (Fsp3) is 0.200. The minimum Gasteiger partial charge on any atom is -0.465 e. The Morgan fingerprint density at radius 2 is 2.06 bits per heavy atom. The van der Waals surface area contributed by atoms with E-state index in [2.05, 4.69) is 19.9 Å². The lowest BCUT2D eigenvalue weighted by molar-refractivity contribution is 0.0599. The van der Waals surface area contributed by atoms with E-state index in [1.165, 1.54) is 13.4 Å². The van der Waals surface area contributed by atoms with Gasteiger partial charge in [-0.05, 0) is 6.92 Å². The van der Waals surface area contributed by atoms with Gasteiger partial charge >= 0.3 is 5.97 Å². The molecule has 0 aliphatic rings. The molecule has 0 aromatic carbocycles. The number of hydrogen-bond acceptors (Lipinski definition) is 6. The summed E-state index contributed by atoms with van der Waals surface area (Å²) >= 11 is 0. The number of methoxy groups -OCH3 is 1. The Morgan fingerprint density at radius 3 is 2.69 bits per heavy atom. The highest BCUT2D eigenvalue weighted by Crippen LogP contribution is 2.24. The highest BCUT2D eigenvalue weighted by atomic mass is 16.5. The van der Waals surface area contributed by atoms with Gasteiger partial charge < -0.3 is 9.26 Å². The molecule has 0 aliphatic carbocycles. The first-order valence-corrected chi connectivity index (χ1v) is 4.54. The molecule has 2 aromatic rings. The molecule has 16 heavy (non-hydrogen) atoms. The topological polar surface area (TPSA) is 78.1 Å². The van der Waals surface area contributed by atoms with Crippen LogP contribution in [0.15, 0.2) is 23.2 Å². The number of rotatable bonds is 2. The van der Waals surface area contributed by atoms with Crippen molar-refractivity contribution in [1.29, 1.82) is 0 Å². The standard InChI is InChI=1S/C10H9N3O3/c1-6-8(10(14)15-2)9(13-16-6)7-3-11-5-12-4-7/h3-5H,1-2H3. The maximum absolute atomic E-state index is 11.5. The van der Waals surface area contributed by atoms with Gasteiger partial charge in [-0.15, -0.1) is 0 Å². The van der Waals surface area contributed by atoms with Gasteiger partial charge in [0.05, 0.1) is 7.11 Å². The second kappa shape index (κ2) is 4.09. The zero-order valence-corrected chi connectivity index (χ0v) is 8.80. The molecule has 0 radical (unpaired) electrons. The van der Waals surface area contributed by atoms with E-state index in [1.54, 1.807) is 19.3 Å². The number of aryl methyl sites for hydroxylation is 1. The lowest BCUT2D eigenvalue weighted by atomic mass is 10.1. The summed E-state index contributed by atoms with van der Waals surface area (Å²) in [5.41, 5.74) is 1.31. The third-order valence-electron chi connectivity index (χ3n) is 2.09. The quantitative estimate of drug-likeness (QED) is 0.707. The van der Waals surface area contributed by atoms with Crippen LogP contribution in [0, 0.1) is 6.92 Å². The normalized spacial score (nSPS) is 10.1. The van der Waals surface area contributed by atoms with Gasteiger partial charge in [0.15, 0.2) is 0 Å². The van der Waals surface area contributed by atoms with Crippen LogP contribution in [0.5, 0.6) is 0 Å². The van der Waals surface area contributed by atoms with Crippen LogP contribution >= 0.6 is 0 Å². The third-order valence-corrected chi connectivity index (χ3v) is 2.09. The van der Waals surface area contributed by atoms with Gasteiger partial charge in [0.25, 0.3) is 0 Å². The Hall–Kier alpha value is -2.24. The molecule has 0 saturated heterocycles. The lowest BCUT2D eigenvalue weighted by Crippen LogP contribution is -2.03. The Balaban J connectivity index is 2.55. The summed E-state index contributed by atoms with van der Waals surface area (Å²) in [6.45, 7) is 1.65. The van der Waals surface area contributed by atoms with Crippen molar-refractivity contribution in [2.75, 3.05) is 7.11 Å². The van der Waals surface area contributed by atoms with Gasteiger partial charge in [-0.3, -0.25) is 0 Å². The average Bonchev–Trinajstić information content (AvgIpc) is 2.71. The largest absolute Gasteiger partial charge is 0.465 e. The number of nitrogens with zero attached hydrogens (tertiary/aromatic N) is 3. The summed E-state index contributed by atoms with van der Waals surface area (Å²) in [6, 6.07) is 0. The van der Waals surface area contributed by atoms with Gasteiger partial charge in [0.1, 0.15) is 23.3 Å². The fourth-order valence-corrected chi connectivity index (χ4v) is 1.33. The molecule has 0 aliphatic heterocycles. The molecule has 0 spiro atoms. The van der Waals surface area contributed by atoms with E-state index in [9.17, 15) is 4.79 Å². The van der Waals surface area contributed by atoms with E-state index in [0.29, 0.717) is 22.6 Å². The molecular formula is C10H9N3O3. The maximum atomic E-state index is 11.5. The summed E-state index contributed by atoms with van der Waals surface area (Å²) in [5.74, 6) is -0.0803. The number of carbonyl (C=O) groups is 1. The molecule has 0 unspecified atom stereocenters. The van der Waals surface area contributed by atoms with E-state index in [4.69, 9.17) is 4.52 Å². The van der Waals surface area contributed by atoms with Gasteiger partial charge in [-0.2, -0.15) is 0 Å². The SMILES string of the molecule is COC(=O)c1c(-c2cncnc2)noc1C. The van der Waals surface area contributed by atoms with E-state index in [0.717, 1.165) is 0 Å². The highest BCUT2D eigenvalue weighted by molar-refractivity contribution is 5.96. The minimum absolute atomic E-state index is 0.303. The molecule has 0 N–H and O–H groups in total. The Kier molecular flexibility index (Phi) is 2.63. The second-order valence-electron chi connectivity index (χ2n) is 3.08. The summed E-state index contributed by atoms with van der Waals surface area (Å²) in [6.07, 6.45) is 4.50. The van der Waals surface area contributed by atoms with Crippen LogP contribution in [-0.2, 0) is 4.74 Å². The van der Waals surface area contributed by atoms with E-state index < -0.39 is 5.97 Å². The molecule has 82 valence electrons. The van der Waals surface area contributed by atoms with Crippen LogP contribution in [0.4, 0.5) is 0 Å². The first kappa shape index (κ1) is 10.3. The van der Waals surface area contributed by atoms with Crippen LogP contribution in [0.25, 0.3) is 11.3 Å². The maximum Gasteiger partial charge on any atom is 0.343 e. The molecule has 2 heterocycles. The summed E-state index contributed by atoms with van der Waals surface area (Å²) in [7, 11) is 1.31. The van der Waals surface area contributed by atoms with Crippen LogP contribution in [0.2, 0.25) is 0 Å². The number of carbonyl (C=O) groups excluding carboxylic acids is 1. The Bertz CT molecular complexity index is 507. The molecular weight excluding hydrogens is 210 g/mol. The Morgan fingerprint density at radius 1 is 1.38 bits per heavy atom. The molecule has 6 nitrogen and oxygen atoms in total. The zero-order chi connectivity index (χ0) is 11.5. The van der Waals surface area contributed by atoms with Crippen LogP contribution in [0.1, 0.15) is 16.1 Å². The Labute approximate surface area is 91.3 Å². The number of aromatic nitrogens is 3. The molecule has 0 amide bonds. The van der Waals surface area contributed by atoms with Gasteiger partial charge in [-0.1, -0.05) is 5.16 Å². The molecule has 0 fully saturated rings. The van der Waals surface area contributed by atoms with Crippen molar-refractivity contribution in [2.24, 2.45) is 0 Å². The highest BCUT2D eigenvalue weighted by Gasteiger charge is 2.22. The first-order chi connectivity index (χ1) is 7.74. The third kappa shape index (κ3) is 1.65. The molecule has 2 aromatic heterocycles. The van der Waals surface area contributed by atoms with Crippen molar-refractivity contribution in [3.63, 3.8) is 0 Å². The lowest BCUT2D eigenvalue weighted by Gasteiger charge is -1.99. The number of hydrogen-bond donors (Lipinski definition) is 0. The van der Waals surface area contributed by atoms with E-state index in [1.807, 2.05) is 0 Å². The monoisotopic (exact) mass is 219 g/mol. The van der Waals surface area contributed by atoms with Crippen LogP contribution < -0.4 is 0 Å². The van der Waals surface area contributed by atoms with Gasteiger partial charge in [0.2, 0.25) is 0 Å². The van der Waals surface area contributed by atoms with Crippen LogP contribution in [0.3, 0.4) is 0 Å². The van der Waals surface area contributed by atoms with Crippen molar-refractivity contribution in [3.8, 4) is 11.3 Å². The zero-order valence-electron chi connectivity index (χ0n) is 8.80. The van der Waals surface area contributed by atoms with Crippen molar-refractivity contribution in [3.05, 3.63) is 30.0 Å². The molecule has 2 rings (SSSR count). The van der Waals surface area contributed by atoms with E-state index in [-0.39, 0.29) is 0 Å². The summed E-state index contributed by atoms with van der Waals surface area (Å²) in [5, 5.41) is 3.80. The molecule has 0 bridgehead atoms. The fourth-order valence-electron chi connectivity index (χ4n) is 1.33. The van der Waals surface area contributed by atoms with Gasteiger partial charge in [0, 0.05) is 18.0 Å².